The predicted molar refractivity (Wildman–Crippen MR) is 71.1 cm³/mol. The van der Waals surface area contributed by atoms with E-state index in [2.05, 4.69) is 0 Å². The van der Waals surface area contributed by atoms with Crippen molar-refractivity contribution >= 4 is 11.4 Å². The van der Waals surface area contributed by atoms with Crippen LogP contribution in [0.25, 0.3) is 0 Å². The fourth-order valence-corrected chi connectivity index (χ4v) is 2.76. The highest BCUT2D eigenvalue weighted by Crippen LogP contribution is 2.34. The van der Waals surface area contributed by atoms with Crippen LogP contribution in [0.3, 0.4) is 0 Å². The third kappa shape index (κ3) is 3.33. The fraction of sp³-hybridized carbons (Fsp3) is 0.571. The van der Waals surface area contributed by atoms with Crippen molar-refractivity contribution in [3.8, 4) is 0 Å². The van der Waals surface area contributed by atoms with Gasteiger partial charge in [-0.3, -0.25) is 0 Å². The maximum atomic E-state index is 12.6. The molecule has 1 aliphatic carbocycles. The van der Waals surface area contributed by atoms with Crippen LogP contribution in [0.15, 0.2) is 18.2 Å². The summed E-state index contributed by atoms with van der Waals surface area (Å²) in [4.78, 5) is 1.96. The number of alkyl halides is 3. The van der Waals surface area contributed by atoms with Gasteiger partial charge in [0.1, 0.15) is 0 Å². The molecule has 0 aromatic heterocycles. The van der Waals surface area contributed by atoms with Crippen molar-refractivity contribution in [1.29, 1.82) is 0 Å². The summed E-state index contributed by atoms with van der Waals surface area (Å²) in [7, 11) is 1.89. The van der Waals surface area contributed by atoms with Gasteiger partial charge < -0.3 is 10.6 Å². The first kappa shape index (κ1) is 14.0. The van der Waals surface area contributed by atoms with Gasteiger partial charge in [0, 0.05) is 13.6 Å². The minimum atomic E-state index is -4.34. The van der Waals surface area contributed by atoms with Crippen molar-refractivity contribution in [1.82, 2.24) is 0 Å². The van der Waals surface area contributed by atoms with Crippen LogP contribution in [-0.2, 0) is 6.18 Å². The van der Waals surface area contributed by atoms with E-state index in [1.54, 1.807) is 0 Å². The quantitative estimate of drug-likeness (QED) is 0.845. The Bertz CT molecular complexity index is 437. The van der Waals surface area contributed by atoms with Crippen molar-refractivity contribution in [2.45, 2.75) is 31.9 Å². The lowest BCUT2D eigenvalue weighted by Gasteiger charge is -2.25. The van der Waals surface area contributed by atoms with Crippen LogP contribution in [0.2, 0.25) is 0 Å². The lowest BCUT2D eigenvalue weighted by molar-refractivity contribution is -0.137. The van der Waals surface area contributed by atoms with Crippen LogP contribution in [0, 0.1) is 5.92 Å². The molecule has 2 N–H and O–H groups in total. The lowest BCUT2D eigenvalue weighted by Crippen LogP contribution is -2.25. The highest BCUT2D eigenvalue weighted by molar-refractivity contribution is 5.68. The van der Waals surface area contributed by atoms with E-state index < -0.39 is 11.7 Å². The third-order valence-electron chi connectivity index (χ3n) is 3.77. The molecule has 1 saturated carbocycles. The van der Waals surface area contributed by atoms with Gasteiger partial charge in [-0.2, -0.15) is 13.2 Å². The summed E-state index contributed by atoms with van der Waals surface area (Å²) >= 11 is 0. The molecule has 19 heavy (non-hydrogen) atoms. The molecule has 0 atom stereocenters. The molecule has 1 aliphatic rings. The molecule has 0 heterocycles. The second-order valence-electron chi connectivity index (χ2n) is 5.30. The van der Waals surface area contributed by atoms with Gasteiger partial charge >= 0.3 is 6.18 Å². The Balaban J connectivity index is 2.11. The summed E-state index contributed by atoms with van der Waals surface area (Å²) in [5.41, 5.74) is 5.93. The second-order valence-corrected chi connectivity index (χ2v) is 5.30. The van der Waals surface area contributed by atoms with Gasteiger partial charge in [-0.1, -0.05) is 12.8 Å². The average Bonchev–Trinajstić information content (AvgIpc) is 2.80. The average molecular weight is 272 g/mol. The summed E-state index contributed by atoms with van der Waals surface area (Å²) in [5.74, 6) is 0.631. The van der Waals surface area contributed by atoms with Gasteiger partial charge in [0.2, 0.25) is 0 Å². The van der Waals surface area contributed by atoms with E-state index in [1.807, 2.05) is 11.9 Å². The number of halogens is 3. The molecule has 0 bridgehead atoms. The molecule has 0 saturated heterocycles. The molecule has 0 spiro atoms. The number of benzene rings is 1. The lowest BCUT2D eigenvalue weighted by atomic mass is 10.1. The maximum absolute atomic E-state index is 12.6. The molecule has 0 unspecified atom stereocenters. The van der Waals surface area contributed by atoms with Crippen molar-refractivity contribution in [3.63, 3.8) is 0 Å². The Labute approximate surface area is 111 Å². The zero-order valence-electron chi connectivity index (χ0n) is 11.0. The number of rotatable bonds is 3. The molecule has 0 amide bonds. The second kappa shape index (κ2) is 5.31. The zero-order chi connectivity index (χ0) is 14.0. The van der Waals surface area contributed by atoms with E-state index in [0.717, 1.165) is 18.7 Å². The molecule has 1 aromatic rings. The minimum absolute atomic E-state index is 0.190. The van der Waals surface area contributed by atoms with Crippen LogP contribution in [0.4, 0.5) is 24.5 Å². The van der Waals surface area contributed by atoms with Crippen molar-refractivity contribution in [3.05, 3.63) is 23.8 Å². The molecule has 5 heteroatoms. The van der Waals surface area contributed by atoms with Gasteiger partial charge in [-0.25, -0.2) is 0 Å². The first-order valence-corrected chi connectivity index (χ1v) is 6.56. The van der Waals surface area contributed by atoms with Crippen molar-refractivity contribution < 1.29 is 13.2 Å². The van der Waals surface area contributed by atoms with E-state index in [-0.39, 0.29) is 5.69 Å². The Morgan fingerprint density at radius 2 is 1.89 bits per heavy atom. The maximum Gasteiger partial charge on any atom is 0.416 e. The van der Waals surface area contributed by atoms with Crippen LogP contribution in [0.1, 0.15) is 31.2 Å². The van der Waals surface area contributed by atoms with E-state index in [4.69, 9.17) is 5.73 Å². The Kier molecular flexibility index (Phi) is 3.92. The normalized spacial score (nSPS) is 16.8. The van der Waals surface area contributed by atoms with Gasteiger partial charge in [0.05, 0.1) is 16.9 Å². The van der Waals surface area contributed by atoms with Crippen molar-refractivity contribution in [2.75, 3.05) is 24.2 Å². The highest BCUT2D eigenvalue weighted by Gasteiger charge is 2.31. The molecular weight excluding hydrogens is 253 g/mol. The number of nitrogens with zero attached hydrogens (tertiary/aromatic N) is 1. The number of nitrogen functional groups attached to an aromatic ring is 1. The molecule has 0 aliphatic heterocycles. The number of nitrogens with two attached hydrogens (primary N) is 1. The van der Waals surface area contributed by atoms with E-state index in [0.29, 0.717) is 11.6 Å². The Morgan fingerprint density at radius 1 is 1.26 bits per heavy atom. The summed E-state index contributed by atoms with van der Waals surface area (Å²) in [6, 6.07) is 3.57. The largest absolute Gasteiger partial charge is 0.416 e. The molecule has 2 nitrogen and oxygen atoms in total. The molecule has 0 radical (unpaired) electrons. The van der Waals surface area contributed by atoms with E-state index in [1.165, 1.54) is 31.7 Å². The van der Waals surface area contributed by atoms with Gasteiger partial charge in [-0.15, -0.1) is 0 Å². The summed E-state index contributed by atoms with van der Waals surface area (Å²) in [6.45, 7) is 0.857. The monoisotopic (exact) mass is 272 g/mol. The summed E-state index contributed by atoms with van der Waals surface area (Å²) in [5, 5.41) is 0. The van der Waals surface area contributed by atoms with E-state index in [9.17, 15) is 13.2 Å². The number of hydrogen-bond acceptors (Lipinski definition) is 2. The highest BCUT2D eigenvalue weighted by atomic mass is 19.4. The molecular formula is C14H19F3N2. The topological polar surface area (TPSA) is 29.3 Å². The SMILES string of the molecule is CN(CC1CCCC1)c1ccc(C(F)(F)F)cc1N. The number of hydrogen-bond donors (Lipinski definition) is 1. The van der Waals surface area contributed by atoms with Crippen LogP contribution in [-0.4, -0.2) is 13.6 Å². The van der Waals surface area contributed by atoms with Crippen LogP contribution < -0.4 is 10.6 Å². The van der Waals surface area contributed by atoms with Crippen molar-refractivity contribution in [2.24, 2.45) is 5.92 Å². The van der Waals surface area contributed by atoms with E-state index >= 15 is 0 Å². The summed E-state index contributed by atoms with van der Waals surface area (Å²) in [6.07, 6.45) is 0.564. The zero-order valence-corrected chi connectivity index (χ0v) is 11.0. The van der Waals surface area contributed by atoms with Crippen LogP contribution >= 0.6 is 0 Å². The molecule has 2 rings (SSSR count). The predicted octanol–water partition coefficient (Wildman–Crippen LogP) is 3.91. The van der Waals surface area contributed by atoms with Gasteiger partial charge in [-0.05, 0) is 37.0 Å². The smallest absolute Gasteiger partial charge is 0.397 e. The third-order valence-corrected chi connectivity index (χ3v) is 3.77. The van der Waals surface area contributed by atoms with Gasteiger partial charge in [0.25, 0.3) is 0 Å². The van der Waals surface area contributed by atoms with Crippen LogP contribution in [0.5, 0.6) is 0 Å². The Hall–Kier alpha value is -1.39. The fourth-order valence-electron chi connectivity index (χ4n) is 2.76. The molecule has 1 aromatic carbocycles. The molecule has 1 fully saturated rings. The minimum Gasteiger partial charge on any atom is -0.397 e. The Morgan fingerprint density at radius 3 is 2.42 bits per heavy atom. The standard InChI is InChI=1S/C14H19F3N2/c1-19(9-10-4-2-3-5-10)13-7-6-11(8-12(13)18)14(15,16)17/h6-8,10H,2-5,9,18H2,1H3. The first-order chi connectivity index (χ1) is 8.88. The first-order valence-electron chi connectivity index (χ1n) is 6.56. The van der Waals surface area contributed by atoms with Gasteiger partial charge in [0.15, 0.2) is 0 Å². The molecule has 106 valence electrons. The number of anilines is 2. The summed E-state index contributed by atoms with van der Waals surface area (Å²) < 4.78 is 37.7.